The number of rotatable bonds is 19. The number of hydrogen-bond donors (Lipinski definition) is 0. The molecule has 0 saturated heterocycles. The summed E-state index contributed by atoms with van der Waals surface area (Å²) in [7, 11) is 0.565. The van der Waals surface area contributed by atoms with Crippen LogP contribution in [-0.4, -0.2) is 51.9 Å². The first kappa shape index (κ1) is 59.1. The molecule has 0 heterocycles. The maximum absolute atomic E-state index is 5.19. The number of nitrogens with zero attached hydrogens (tertiary/aromatic N) is 4. The van der Waals surface area contributed by atoms with Crippen molar-refractivity contribution in [1.29, 1.82) is 0 Å². The molecule has 0 aliphatic rings. The van der Waals surface area contributed by atoms with Gasteiger partial charge in [0.1, 0.15) is 0 Å². The van der Waals surface area contributed by atoms with Crippen molar-refractivity contribution in [3.8, 4) is 0 Å². The summed E-state index contributed by atoms with van der Waals surface area (Å²) in [6.07, 6.45) is 2.26. The van der Waals surface area contributed by atoms with Crippen LogP contribution < -0.4 is 7.21 Å². The van der Waals surface area contributed by atoms with Crippen LogP contribution in [0.2, 0.25) is 0 Å². The molecule has 4 aromatic carbocycles. The average Bonchev–Trinajstić information content (AvgIpc) is 3.25. The summed E-state index contributed by atoms with van der Waals surface area (Å²) in [6.45, 7) is 45.3. The quantitative estimate of drug-likeness (QED) is 0.0692. The molecule has 0 amide bonds. The number of para-hydroxylation sites is 4. The van der Waals surface area contributed by atoms with E-state index in [4.69, 9.17) is 9.98 Å². The molecular formula is C58H82Br2Ga2N4Si. The zero-order chi connectivity index (χ0) is 50.4. The van der Waals surface area contributed by atoms with Crippen molar-refractivity contribution in [2.45, 2.75) is 186 Å². The van der Waals surface area contributed by atoms with Gasteiger partial charge in [0, 0.05) is 0 Å². The zero-order valence-corrected chi connectivity index (χ0v) is 53.9. The normalized spacial score (nSPS) is 12.9. The summed E-state index contributed by atoms with van der Waals surface area (Å²) in [4.78, 5) is 10.4. The molecule has 9 heteroatoms. The number of halogens is 2. The molecule has 0 aliphatic carbocycles. The number of benzene rings is 4. The molecular weight excluding hydrogens is 1080 g/mol. The molecule has 4 aromatic rings. The molecule has 358 valence electrons. The second-order valence-electron chi connectivity index (χ2n) is 20.5. The number of allylic oxidation sites excluding steroid dienone is 3. The van der Waals surface area contributed by atoms with Gasteiger partial charge in [0.2, 0.25) is 0 Å². The second kappa shape index (κ2) is 28.0. The Bertz CT molecular complexity index is 2250. The number of aliphatic imine (C=N–C) groups is 2. The Morgan fingerprint density at radius 2 is 0.701 bits per heavy atom. The molecule has 4 nitrogen and oxygen atoms in total. The van der Waals surface area contributed by atoms with E-state index in [0.717, 1.165) is 11.4 Å². The van der Waals surface area contributed by atoms with Crippen LogP contribution in [0.4, 0.5) is 22.7 Å². The van der Waals surface area contributed by atoms with Gasteiger partial charge in [0.15, 0.2) is 0 Å². The Kier molecular flexibility index (Phi) is 24.6. The first-order valence-electron chi connectivity index (χ1n) is 24.7. The zero-order valence-electron chi connectivity index (χ0n) is 44.9. The Morgan fingerprint density at radius 1 is 0.433 bits per heavy atom. The topological polar surface area (TPSA) is 31.2 Å². The van der Waals surface area contributed by atoms with E-state index in [-0.39, 0.29) is 0 Å². The molecule has 0 spiro atoms. The minimum absolute atomic E-state index is 0.444. The number of hydrogen-bond acceptors (Lipinski definition) is 4. The fourth-order valence-electron chi connectivity index (χ4n) is 8.52. The third-order valence-corrected chi connectivity index (χ3v) is 21.2. The van der Waals surface area contributed by atoms with Crippen molar-refractivity contribution in [2.75, 3.05) is 7.21 Å². The predicted octanol–water partition coefficient (Wildman–Crippen LogP) is 18.8. The van der Waals surface area contributed by atoms with Crippen molar-refractivity contribution < 1.29 is 0 Å². The Hall–Kier alpha value is -2.25. The Balaban J connectivity index is 0.000000355. The summed E-state index contributed by atoms with van der Waals surface area (Å²) < 4.78 is 5.13. The third kappa shape index (κ3) is 16.1. The molecule has 0 saturated carbocycles. The van der Waals surface area contributed by atoms with Gasteiger partial charge in [-0.1, -0.05) is 0 Å². The Labute approximate surface area is 441 Å². The molecule has 0 aromatic heterocycles. The van der Waals surface area contributed by atoms with E-state index in [1.54, 1.807) is 0 Å². The summed E-state index contributed by atoms with van der Waals surface area (Å²) >= 11 is 6.26. The van der Waals surface area contributed by atoms with Crippen LogP contribution in [0.25, 0.3) is 0 Å². The summed E-state index contributed by atoms with van der Waals surface area (Å²) in [6, 6.07) is 26.9. The van der Waals surface area contributed by atoms with Crippen molar-refractivity contribution in [2.24, 2.45) is 9.98 Å². The van der Waals surface area contributed by atoms with Crippen molar-refractivity contribution in [3.63, 3.8) is 0 Å². The molecule has 4 radical (unpaired) electrons. The van der Waals surface area contributed by atoms with Gasteiger partial charge < -0.3 is 0 Å². The van der Waals surface area contributed by atoms with E-state index in [9.17, 15) is 0 Å². The SMILES string of the molecule is CC(/C=C(/C)[N]([Ga][Br])c1c(C(C)C)cccc1C(C)C)=Nc1c(C(C)C)cccc1C(C)C.CC(=Nc1c(C(C)C)cccc1C(C)C)[Si]/C=C(/C)[N]([Ga][Br])c1c(C(C)C)cccc1C(C)C. The van der Waals surface area contributed by atoms with Gasteiger partial charge in [0.25, 0.3) is 0 Å². The average molecular weight is 1160 g/mol. The fraction of sp³-hybridized carbons (Fsp3) is 0.483. The fourth-order valence-corrected chi connectivity index (χ4v) is 17.7. The van der Waals surface area contributed by atoms with E-state index < -0.39 is 31.3 Å². The molecule has 0 N–H and O–H groups in total. The van der Waals surface area contributed by atoms with E-state index >= 15 is 0 Å². The molecule has 0 unspecified atom stereocenters. The molecule has 0 atom stereocenters. The monoisotopic (exact) mass is 1160 g/mol. The van der Waals surface area contributed by atoms with Gasteiger partial charge in [-0.15, -0.1) is 0 Å². The van der Waals surface area contributed by atoms with Gasteiger partial charge in [-0.05, 0) is 0 Å². The van der Waals surface area contributed by atoms with Crippen molar-refractivity contribution >= 4 is 102 Å². The van der Waals surface area contributed by atoms with Gasteiger partial charge in [-0.3, -0.25) is 0 Å². The van der Waals surface area contributed by atoms with Crippen LogP contribution in [0.3, 0.4) is 0 Å². The summed E-state index contributed by atoms with van der Waals surface area (Å²) in [5, 5.41) is 1.19. The van der Waals surface area contributed by atoms with E-state index in [2.05, 4.69) is 257 Å². The van der Waals surface area contributed by atoms with Crippen LogP contribution in [0.1, 0.15) is 230 Å². The maximum atomic E-state index is 5.19. The third-order valence-electron chi connectivity index (χ3n) is 12.3. The van der Waals surface area contributed by atoms with Crippen LogP contribution in [0, 0.1) is 0 Å². The second-order valence-corrected chi connectivity index (χ2v) is 29.0. The van der Waals surface area contributed by atoms with E-state index in [1.807, 2.05) is 0 Å². The minimum atomic E-state index is -0.832. The Morgan fingerprint density at radius 3 is 0.985 bits per heavy atom. The standard InChI is InChI=1S/C29H41N2Si.C29H41N2.2BrH.2Ga/c1-18(2)24-13-11-14-25(19(3)4)28(24)30-22(9)17-32-23(10)31-29-26(20(5)6)15-12-16-27(29)21(7)8;1-18(2)24-13-11-14-25(19(3)4)28(24)30-22(9)17-23(10)31-29-26(20(5)6)15-12-16-27(29)21(7)8;;;;/h11-21H,1-10H3;11-21H,1-10H3;2*1H;;/q2*-1;;;2*+2/p-2/b2*22-17-,31-23?;;;;. The number of anilines is 2. The van der Waals surface area contributed by atoms with Gasteiger partial charge in [-0.2, -0.15) is 0 Å². The van der Waals surface area contributed by atoms with Crippen LogP contribution in [-0.2, 0) is 0 Å². The molecule has 67 heavy (non-hydrogen) atoms. The van der Waals surface area contributed by atoms with Crippen LogP contribution in [0.15, 0.2) is 106 Å². The molecule has 0 aliphatic heterocycles. The first-order chi connectivity index (χ1) is 31.5. The van der Waals surface area contributed by atoms with Crippen molar-refractivity contribution in [1.82, 2.24) is 0 Å². The van der Waals surface area contributed by atoms with E-state index in [1.165, 1.54) is 78.3 Å². The van der Waals surface area contributed by atoms with Gasteiger partial charge >= 0.3 is 445 Å². The summed E-state index contributed by atoms with van der Waals surface area (Å²) in [5.74, 6) is 3.75. The first-order valence-corrected chi connectivity index (χ1v) is 39.3. The van der Waals surface area contributed by atoms with Crippen LogP contribution in [0.5, 0.6) is 0 Å². The van der Waals surface area contributed by atoms with Crippen molar-refractivity contribution in [3.05, 3.63) is 140 Å². The molecule has 0 bridgehead atoms. The predicted molar refractivity (Wildman–Crippen MR) is 312 cm³/mol. The van der Waals surface area contributed by atoms with Gasteiger partial charge in [0.05, 0.1) is 0 Å². The molecule has 4 rings (SSSR count). The molecule has 0 fully saturated rings. The van der Waals surface area contributed by atoms with Crippen LogP contribution >= 0.6 is 27.1 Å². The van der Waals surface area contributed by atoms with E-state index in [0.29, 0.717) is 56.9 Å². The van der Waals surface area contributed by atoms with Gasteiger partial charge in [-0.25, -0.2) is 0 Å². The summed E-state index contributed by atoms with van der Waals surface area (Å²) in [5.41, 5.74) is 22.3.